The van der Waals surface area contributed by atoms with Gasteiger partial charge in [-0.3, -0.25) is 14.7 Å². The maximum Gasteiger partial charge on any atom is 0.275 e. The molecule has 1 aromatic carbocycles. The molecule has 0 unspecified atom stereocenters. The van der Waals surface area contributed by atoms with Crippen molar-refractivity contribution in [2.75, 3.05) is 32.1 Å². The monoisotopic (exact) mass is 357 g/mol. The van der Waals surface area contributed by atoms with Crippen molar-refractivity contribution in [3.63, 3.8) is 0 Å². The lowest BCUT2D eigenvalue weighted by molar-refractivity contribution is -0.116. The summed E-state index contributed by atoms with van der Waals surface area (Å²) in [4.78, 5) is 26.7. The van der Waals surface area contributed by atoms with E-state index in [9.17, 15) is 9.59 Å². The van der Waals surface area contributed by atoms with E-state index in [1.165, 1.54) is 4.90 Å². The molecule has 3 rings (SSSR count). The van der Waals surface area contributed by atoms with E-state index in [0.29, 0.717) is 30.2 Å². The third kappa shape index (κ3) is 3.85. The van der Waals surface area contributed by atoms with Crippen molar-refractivity contribution in [3.8, 4) is 5.75 Å². The van der Waals surface area contributed by atoms with Crippen LogP contribution in [0.3, 0.4) is 0 Å². The molecule has 0 bridgehead atoms. The molecule has 2 heterocycles. The van der Waals surface area contributed by atoms with Gasteiger partial charge in [-0.1, -0.05) is 6.07 Å². The van der Waals surface area contributed by atoms with Crippen LogP contribution in [0, 0.1) is 0 Å². The van der Waals surface area contributed by atoms with Gasteiger partial charge in [-0.15, -0.1) is 0 Å². The Labute approximate surface area is 151 Å². The summed E-state index contributed by atoms with van der Waals surface area (Å²) in [7, 11) is 1.57. The van der Waals surface area contributed by atoms with E-state index in [4.69, 9.17) is 4.74 Å². The van der Waals surface area contributed by atoms with Gasteiger partial charge in [0.2, 0.25) is 5.91 Å². The zero-order valence-electron chi connectivity index (χ0n) is 15.0. The second kappa shape index (κ2) is 8.01. The van der Waals surface area contributed by atoms with Crippen LogP contribution in [0.1, 0.15) is 28.7 Å². The normalized spacial score (nSPS) is 13.0. The van der Waals surface area contributed by atoms with Crippen LogP contribution in [-0.2, 0) is 17.8 Å². The molecule has 0 fully saturated rings. The fraction of sp³-hybridized carbons (Fsp3) is 0.389. The van der Waals surface area contributed by atoms with Gasteiger partial charge in [0.05, 0.1) is 7.11 Å². The number of carbonyl (C=O) groups is 2. The maximum absolute atomic E-state index is 12.8. The quantitative estimate of drug-likeness (QED) is 0.721. The minimum atomic E-state index is -0.268. The van der Waals surface area contributed by atoms with Crippen LogP contribution in [0.2, 0.25) is 0 Å². The van der Waals surface area contributed by atoms with Crippen LogP contribution in [-0.4, -0.2) is 53.7 Å². The molecule has 8 heteroatoms. The Morgan fingerprint density at radius 1 is 1.38 bits per heavy atom. The van der Waals surface area contributed by atoms with Gasteiger partial charge in [0.15, 0.2) is 5.69 Å². The van der Waals surface area contributed by atoms with Gasteiger partial charge in [0.1, 0.15) is 12.3 Å². The standard InChI is InChI=1S/C18H23N5O3/c1-3-23(11-16(24)20-12-5-4-6-13(9-12)26-2)18(25)17-14-10-19-8-7-15(14)21-22-17/h4-6,9,19H,3,7-8,10-11H2,1-2H3,(H,20,24)(H,21,22). The lowest BCUT2D eigenvalue weighted by Gasteiger charge is -2.21. The molecule has 0 spiro atoms. The number of fused-ring (bicyclic) bond motifs is 1. The van der Waals surface area contributed by atoms with E-state index in [2.05, 4.69) is 20.8 Å². The first-order valence-corrected chi connectivity index (χ1v) is 8.62. The minimum absolute atomic E-state index is 0.0401. The first-order chi connectivity index (χ1) is 12.6. The third-order valence-electron chi connectivity index (χ3n) is 4.37. The summed E-state index contributed by atoms with van der Waals surface area (Å²) in [6.45, 7) is 3.69. The number of methoxy groups -OCH3 is 1. The highest BCUT2D eigenvalue weighted by Gasteiger charge is 2.26. The zero-order chi connectivity index (χ0) is 18.5. The molecule has 0 atom stereocenters. The maximum atomic E-state index is 12.8. The molecule has 26 heavy (non-hydrogen) atoms. The van der Waals surface area contributed by atoms with Crippen LogP contribution < -0.4 is 15.4 Å². The number of carbonyl (C=O) groups excluding carboxylic acids is 2. The molecule has 2 amide bonds. The van der Waals surface area contributed by atoms with Crippen LogP contribution in [0.15, 0.2) is 24.3 Å². The number of H-pyrrole nitrogens is 1. The SMILES string of the molecule is CCN(CC(=O)Nc1cccc(OC)c1)C(=O)c1n[nH]c2c1CNCC2. The number of amides is 2. The van der Waals surface area contributed by atoms with E-state index in [0.717, 1.165) is 24.2 Å². The largest absolute Gasteiger partial charge is 0.497 e. The second-order valence-electron chi connectivity index (χ2n) is 6.06. The van der Waals surface area contributed by atoms with Crippen molar-refractivity contribution >= 4 is 17.5 Å². The van der Waals surface area contributed by atoms with Crippen molar-refractivity contribution in [3.05, 3.63) is 41.2 Å². The molecule has 0 aliphatic carbocycles. The fourth-order valence-corrected chi connectivity index (χ4v) is 2.95. The lowest BCUT2D eigenvalue weighted by atomic mass is 10.1. The smallest absolute Gasteiger partial charge is 0.275 e. The Bertz CT molecular complexity index is 802. The van der Waals surface area contributed by atoms with Crippen molar-refractivity contribution in [1.29, 1.82) is 0 Å². The topological polar surface area (TPSA) is 99.3 Å². The fourth-order valence-electron chi connectivity index (χ4n) is 2.95. The summed E-state index contributed by atoms with van der Waals surface area (Å²) in [5, 5.41) is 13.1. The van der Waals surface area contributed by atoms with E-state index in [1.807, 2.05) is 6.92 Å². The Morgan fingerprint density at radius 2 is 2.23 bits per heavy atom. The van der Waals surface area contributed by atoms with Gasteiger partial charge in [0.25, 0.3) is 5.91 Å². The van der Waals surface area contributed by atoms with Gasteiger partial charge in [-0.2, -0.15) is 5.10 Å². The average molecular weight is 357 g/mol. The first kappa shape index (κ1) is 17.9. The van der Waals surface area contributed by atoms with Gasteiger partial charge in [0, 0.05) is 49.1 Å². The van der Waals surface area contributed by atoms with E-state index in [1.54, 1.807) is 31.4 Å². The van der Waals surface area contributed by atoms with Crippen LogP contribution >= 0.6 is 0 Å². The molecule has 0 saturated carbocycles. The van der Waals surface area contributed by atoms with Crippen molar-refractivity contribution < 1.29 is 14.3 Å². The number of likely N-dealkylation sites (N-methyl/N-ethyl adjacent to an activating group) is 1. The number of hydrogen-bond acceptors (Lipinski definition) is 5. The van der Waals surface area contributed by atoms with Crippen molar-refractivity contribution in [1.82, 2.24) is 20.4 Å². The van der Waals surface area contributed by atoms with Crippen molar-refractivity contribution in [2.24, 2.45) is 0 Å². The molecule has 1 aliphatic rings. The number of ether oxygens (including phenoxy) is 1. The first-order valence-electron chi connectivity index (χ1n) is 8.62. The number of aromatic nitrogens is 2. The Kier molecular flexibility index (Phi) is 5.52. The summed E-state index contributed by atoms with van der Waals surface area (Å²) in [6.07, 6.45) is 0.818. The Morgan fingerprint density at radius 3 is 3.00 bits per heavy atom. The lowest BCUT2D eigenvalue weighted by Crippen LogP contribution is -2.38. The molecule has 1 aromatic heterocycles. The molecule has 8 nitrogen and oxygen atoms in total. The Balaban J connectivity index is 1.67. The highest BCUT2D eigenvalue weighted by Crippen LogP contribution is 2.18. The summed E-state index contributed by atoms with van der Waals surface area (Å²) < 4.78 is 5.15. The van der Waals surface area contributed by atoms with Crippen LogP contribution in [0.25, 0.3) is 0 Å². The van der Waals surface area contributed by atoms with E-state index >= 15 is 0 Å². The van der Waals surface area contributed by atoms with Crippen LogP contribution in [0.4, 0.5) is 5.69 Å². The predicted octanol–water partition coefficient (Wildman–Crippen LogP) is 1.16. The minimum Gasteiger partial charge on any atom is -0.497 e. The zero-order valence-corrected chi connectivity index (χ0v) is 15.0. The number of anilines is 1. The molecule has 138 valence electrons. The highest BCUT2D eigenvalue weighted by molar-refractivity contribution is 5.99. The molecular formula is C18H23N5O3. The van der Waals surface area contributed by atoms with Crippen LogP contribution in [0.5, 0.6) is 5.75 Å². The van der Waals surface area contributed by atoms with E-state index in [-0.39, 0.29) is 18.4 Å². The van der Waals surface area contributed by atoms with Gasteiger partial charge in [-0.25, -0.2) is 0 Å². The Hall–Kier alpha value is -2.87. The molecular weight excluding hydrogens is 334 g/mol. The molecule has 3 N–H and O–H groups in total. The number of nitrogens with zero attached hydrogens (tertiary/aromatic N) is 2. The van der Waals surface area contributed by atoms with Gasteiger partial charge < -0.3 is 20.3 Å². The molecule has 1 aliphatic heterocycles. The summed E-state index contributed by atoms with van der Waals surface area (Å²) in [5.41, 5.74) is 2.90. The third-order valence-corrected chi connectivity index (χ3v) is 4.37. The summed E-state index contributed by atoms with van der Waals surface area (Å²) in [6, 6.07) is 7.09. The number of benzene rings is 1. The number of aromatic amines is 1. The average Bonchev–Trinajstić information content (AvgIpc) is 3.10. The van der Waals surface area contributed by atoms with Gasteiger partial charge >= 0.3 is 0 Å². The van der Waals surface area contributed by atoms with Gasteiger partial charge in [-0.05, 0) is 19.1 Å². The second-order valence-corrected chi connectivity index (χ2v) is 6.06. The predicted molar refractivity (Wildman–Crippen MR) is 97.2 cm³/mol. The number of nitrogens with one attached hydrogen (secondary N) is 3. The summed E-state index contributed by atoms with van der Waals surface area (Å²) >= 11 is 0. The van der Waals surface area contributed by atoms with E-state index < -0.39 is 0 Å². The number of hydrogen-bond donors (Lipinski definition) is 3. The molecule has 0 radical (unpaired) electrons. The molecule has 0 saturated heterocycles. The highest BCUT2D eigenvalue weighted by atomic mass is 16.5. The number of rotatable bonds is 6. The summed E-state index contributed by atoms with van der Waals surface area (Å²) in [5.74, 6) is 0.146. The van der Waals surface area contributed by atoms with Crippen molar-refractivity contribution in [2.45, 2.75) is 19.9 Å². The molecule has 2 aromatic rings.